The first-order valence-electron chi connectivity index (χ1n) is 8.88. The van der Waals surface area contributed by atoms with Crippen molar-refractivity contribution in [3.8, 4) is 0 Å². The molecule has 8 nitrogen and oxygen atoms in total. The third-order valence-electron chi connectivity index (χ3n) is 4.61. The number of nitrogens with zero attached hydrogens (tertiary/aromatic N) is 3. The molecule has 4 rings (SSSR count). The molecule has 1 aromatic heterocycles. The first-order chi connectivity index (χ1) is 13.6. The summed E-state index contributed by atoms with van der Waals surface area (Å²) in [4.78, 5) is 30.1. The number of amides is 2. The third-order valence-corrected chi connectivity index (χ3v) is 4.61. The maximum Gasteiger partial charge on any atom is 0.292 e. The number of fused-ring (bicyclic) bond motifs is 1. The molecular formula is C20H19N5O3. The maximum absolute atomic E-state index is 12.5. The number of hydrogen-bond acceptors (Lipinski definition) is 6. The Morgan fingerprint density at radius 2 is 1.82 bits per heavy atom. The summed E-state index contributed by atoms with van der Waals surface area (Å²) in [5.41, 5.74) is 4.14. The molecule has 0 saturated carbocycles. The van der Waals surface area contributed by atoms with Gasteiger partial charge in [0.15, 0.2) is 0 Å². The average molecular weight is 377 g/mol. The van der Waals surface area contributed by atoms with Crippen molar-refractivity contribution in [2.45, 2.75) is 19.6 Å². The van der Waals surface area contributed by atoms with Crippen molar-refractivity contribution in [1.82, 2.24) is 20.8 Å². The van der Waals surface area contributed by atoms with E-state index in [4.69, 9.17) is 4.52 Å². The van der Waals surface area contributed by atoms with Crippen LogP contribution in [0.3, 0.4) is 0 Å². The molecule has 0 spiro atoms. The molecule has 0 bridgehead atoms. The lowest BCUT2D eigenvalue weighted by Gasteiger charge is -2.18. The van der Waals surface area contributed by atoms with E-state index in [-0.39, 0.29) is 24.2 Å². The van der Waals surface area contributed by atoms with Crippen molar-refractivity contribution in [1.29, 1.82) is 0 Å². The number of anilines is 1. The van der Waals surface area contributed by atoms with Crippen molar-refractivity contribution in [2.24, 2.45) is 0 Å². The Morgan fingerprint density at radius 3 is 2.54 bits per heavy atom. The van der Waals surface area contributed by atoms with Crippen LogP contribution in [0, 0.1) is 0 Å². The largest absolute Gasteiger partial charge is 0.363 e. The van der Waals surface area contributed by atoms with E-state index in [2.05, 4.69) is 37.8 Å². The second-order valence-electron chi connectivity index (χ2n) is 6.45. The molecule has 2 N–H and O–H groups in total. The Bertz CT molecular complexity index is 1000. The van der Waals surface area contributed by atoms with Crippen molar-refractivity contribution < 1.29 is 14.1 Å². The van der Waals surface area contributed by atoms with E-state index >= 15 is 0 Å². The van der Waals surface area contributed by atoms with Crippen molar-refractivity contribution in [3.05, 3.63) is 76.9 Å². The van der Waals surface area contributed by atoms with Crippen LogP contribution in [0.15, 0.2) is 53.1 Å². The van der Waals surface area contributed by atoms with Gasteiger partial charge in [-0.3, -0.25) is 9.59 Å². The summed E-state index contributed by atoms with van der Waals surface area (Å²) in [7, 11) is 1.48. The Hall–Kier alpha value is -3.68. The van der Waals surface area contributed by atoms with Crippen LogP contribution in [0.1, 0.15) is 38.0 Å². The average Bonchev–Trinajstić information content (AvgIpc) is 3.38. The molecule has 3 aromatic rings. The number of nitrogens with one attached hydrogen (secondary N) is 2. The number of benzene rings is 2. The van der Waals surface area contributed by atoms with Gasteiger partial charge in [0.1, 0.15) is 0 Å². The van der Waals surface area contributed by atoms with Gasteiger partial charge in [0.2, 0.25) is 5.89 Å². The van der Waals surface area contributed by atoms with E-state index in [1.54, 1.807) is 6.07 Å². The summed E-state index contributed by atoms with van der Waals surface area (Å²) < 4.78 is 4.97. The number of carbonyl (C=O) groups excluding carboxylic acids is 2. The molecule has 2 heterocycles. The van der Waals surface area contributed by atoms with Gasteiger partial charge in [0.25, 0.3) is 17.6 Å². The number of rotatable bonds is 5. The zero-order chi connectivity index (χ0) is 19.5. The smallest absolute Gasteiger partial charge is 0.292 e. The SMILES string of the molecule is CNC(=O)c1noc(CNC(=O)c2cccc(N3Cc4ccccc4C3)c2)n1. The summed E-state index contributed by atoms with van der Waals surface area (Å²) in [6.45, 7) is 1.69. The number of carbonyl (C=O) groups is 2. The zero-order valence-electron chi connectivity index (χ0n) is 15.3. The van der Waals surface area contributed by atoms with E-state index < -0.39 is 5.91 Å². The Balaban J connectivity index is 1.41. The highest BCUT2D eigenvalue weighted by Gasteiger charge is 2.19. The van der Waals surface area contributed by atoms with Crippen LogP contribution in [-0.2, 0) is 19.6 Å². The van der Waals surface area contributed by atoms with E-state index in [0.29, 0.717) is 5.56 Å². The fourth-order valence-electron chi connectivity index (χ4n) is 3.15. The van der Waals surface area contributed by atoms with Gasteiger partial charge in [0.05, 0.1) is 6.54 Å². The van der Waals surface area contributed by atoms with Crippen LogP contribution >= 0.6 is 0 Å². The van der Waals surface area contributed by atoms with Gasteiger partial charge in [-0.2, -0.15) is 4.98 Å². The lowest BCUT2D eigenvalue weighted by Crippen LogP contribution is -2.24. The minimum Gasteiger partial charge on any atom is -0.363 e. The summed E-state index contributed by atoms with van der Waals surface area (Å²) in [6, 6.07) is 15.8. The molecule has 8 heteroatoms. The van der Waals surface area contributed by atoms with E-state index in [9.17, 15) is 9.59 Å². The van der Waals surface area contributed by atoms with Gasteiger partial charge in [-0.05, 0) is 29.3 Å². The molecule has 1 aliphatic rings. The van der Waals surface area contributed by atoms with E-state index in [0.717, 1.165) is 18.8 Å². The molecule has 0 atom stereocenters. The van der Waals surface area contributed by atoms with Crippen molar-refractivity contribution >= 4 is 17.5 Å². The Labute approximate surface area is 161 Å². The molecule has 142 valence electrons. The van der Waals surface area contributed by atoms with Crippen LogP contribution in [-0.4, -0.2) is 29.0 Å². The molecule has 1 aliphatic heterocycles. The Morgan fingerprint density at radius 1 is 1.07 bits per heavy atom. The molecule has 0 unspecified atom stereocenters. The first-order valence-corrected chi connectivity index (χ1v) is 8.88. The topological polar surface area (TPSA) is 100 Å². The van der Waals surface area contributed by atoms with Crippen LogP contribution in [0.4, 0.5) is 5.69 Å². The summed E-state index contributed by atoms with van der Waals surface area (Å²) in [5.74, 6) is -0.598. The lowest BCUT2D eigenvalue weighted by molar-refractivity contribution is 0.0938. The maximum atomic E-state index is 12.5. The molecule has 2 amide bonds. The quantitative estimate of drug-likeness (QED) is 0.704. The normalized spacial score (nSPS) is 12.5. The number of hydrogen-bond donors (Lipinski definition) is 2. The van der Waals surface area contributed by atoms with Crippen LogP contribution in [0.25, 0.3) is 0 Å². The molecular weight excluding hydrogens is 358 g/mol. The Kier molecular flexibility index (Phi) is 4.76. The summed E-state index contributed by atoms with van der Waals surface area (Å²) >= 11 is 0. The van der Waals surface area contributed by atoms with Crippen molar-refractivity contribution in [3.63, 3.8) is 0 Å². The zero-order valence-corrected chi connectivity index (χ0v) is 15.3. The second-order valence-corrected chi connectivity index (χ2v) is 6.45. The standard InChI is InChI=1S/C20H19N5O3/c1-21-20(27)18-23-17(28-24-18)10-22-19(26)13-7-4-8-16(9-13)25-11-14-5-2-3-6-15(14)12-25/h2-9H,10-12H2,1H3,(H,21,27)(H,22,26). The molecule has 0 aliphatic carbocycles. The lowest BCUT2D eigenvalue weighted by atomic mass is 10.1. The molecule has 28 heavy (non-hydrogen) atoms. The van der Waals surface area contributed by atoms with Crippen molar-refractivity contribution in [2.75, 3.05) is 11.9 Å². The van der Waals surface area contributed by atoms with Gasteiger partial charge >= 0.3 is 0 Å². The van der Waals surface area contributed by atoms with Gasteiger partial charge in [-0.1, -0.05) is 35.5 Å². The first kappa shape index (κ1) is 17.7. The van der Waals surface area contributed by atoms with Gasteiger partial charge in [0, 0.05) is 31.4 Å². The fourth-order valence-corrected chi connectivity index (χ4v) is 3.15. The molecule has 0 saturated heterocycles. The third kappa shape index (κ3) is 3.57. The number of aromatic nitrogens is 2. The monoisotopic (exact) mass is 377 g/mol. The highest BCUT2D eigenvalue weighted by molar-refractivity contribution is 5.95. The minimum atomic E-state index is -0.444. The highest BCUT2D eigenvalue weighted by Crippen LogP contribution is 2.28. The predicted octanol–water partition coefficient (Wildman–Crippen LogP) is 1.88. The van der Waals surface area contributed by atoms with Gasteiger partial charge < -0.3 is 20.1 Å². The molecule has 2 aromatic carbocycles. The fraction of sp³-hybridized carbons (Fsp3) is 0.200. The predicted molar refractivity (Wildman–Crippen MR) is 102 cm³/mol. The van der Waals surface area contributed by atoms with Gasteiger partial charge in [-0.15, -0.1) is 0 Å². The minimum absolute atomic E-state index is 0.0439. The van der Waals surface area contributed by atoms with E-state index in [1.165, 1.54) is 18.2 Å². The van der Waals surface area contributed by atoms with Gasteiger partial charge in [-0.25, -0.2) is 0 Å². The highest BCUT2D eigenvalue weighted by atomic mass is 16.5. The van der Waals surface area contributed by atoms with Crippen LogP contribution in [0.2, 0.25) is 0 Å². The second kappa shape index (κ2) is 7.51. The van der Waals surface area contributed by atoms with E-state index in [1.807, 2.05) is 30.3 Å². The van der Waals surface area contributed by atoms with Crippen LogP contribution in [0.5, 0.6) is 0 Å². The summed E-state index contributed by atoms with van der Waals surface area (Å²) in [6.07, 6.45) is 0. The summed E-state index contributed by atoms with van der Waals surface area (Å²) in [5, 5.41) is 8.71. The molecule has 0 fully saturated rings. The van der Waals surface area contributed by atoms with Crippen LogP contribution < -0.4 is 15.5 Å². The molecule has 0 radical (unpaired) electrons.